The Kier molecular flexibility index (Phi) is 4.68. The minimum absolute atomic E-state index is 0.221. The third-order valence-corrected chi connectivity index (χ3v) is 6.49. The van der Waals surface area contributed by atoms with Gasteiger partial charge in [-0.15, -0.1) is 5.10 Å². The highest BCUT2D eigenvalue weighted by Gasteiger charge is 2.34. The summed E-state index contributed by atoms with van der Waals surface area (Å²) in [5, 5.41) is 14.7. The third-order valence-electron chi connectivity index (χ3n) is 4.58. The normalized spacial score (nSPS) is 18.5. The van der Waals surface area contributed by atoms with Gasteiger partial charge < -0.3 is 5.32 Å². The van der Waals surface area contributed by atoms with E-state index in [2.05, 4.69) is 25.8 Å². The van der Waals surface area contributed by atoms with Crippen molar-refractivity contribution < 1.29 is 8.42 Å². The van der Waals surface area contributed by atoms with Gasteiger partial charge in [0.2, 0.25) is 10.0 Å². The molecule has 1 saturated heterocycles. The maximum atomic E-state index is 13.4. The average molecular weight is 385 g/mol. The van der Waals surface area contributed by atoms with Crippen molar-refractivity contribution >= 4 is 10.0 Å². The number of tetrazole rings is 1. The Bertz CT molecular complexity index is 1040. The molecule has 0 aliphatic carbocycles. The van der Waals surface area contributed by atoms with Gasteiger partial charge in [0.15, 0.2) is 5.82 Å². The zero-order valence-electron chi connectivity index (χ0n) is 14.7. The van der Waals surface area contributed by atoms with Gasteiger partial charge >= 0.3 is 0 Å². The van der Waals surface area contributed by atoms with Crippen molar-refractivity contribution in [1.82, 2.24) is 34.8 Å². The second-order valence-corrected chi connectivity index (χ2v) is 8.17. The van der Waals surface area contributed by atoms with Crippen LogP contribution in [0.1, 0.15) is 11.6 Å². The molecule has 9 nitrogen and oxygen atoms in total. The smallest absolute Gasteiger partial charge is 0.243 e. The van der Waals surface area contributed by atoms with Crippen molar-refractivity contribution in [1.29, 1.82) is 0 Å². The molecule has 27 heavy (non-hydrogen) atoms. The Morgan fingerprint density at radius 2 is 2.11 bits per heavy atom. The van der Waals surface area contributed by atoms with Gasteiger partial charge in [-0.25, -0.2) is 13.1 Å². The molecule has 1 aliphatic heterocycles. The summed E-state index contributed by atoms with van der Waals surface area (Å²) in [6.07, 6.45) is 3.39. The van der Waals surface area contributed by atoms with Gasteiger partial charge in [-0.2, -0.15) is 4.31 Å². The molecule has 1 aliphatic rings. The summed E-state index contributed by atoms with van der Waals surface area (Å²) in [5.41, 5.74) is 1.51. The van der Waals surface area contributed by atoms with Gasteiger partial charge in [0.05, 0.1) is 10.9 Å². The fourth-order valence-electron chi connectivity index (χ4n) is 3.24. The molecule has 140 valence electrons. The van der Waals surface area contributed by atoms with Crippen LogP contribution in [0.25, 0.3) is 11.4 Å². The number of pyridine rings is 1. The van der Waals surface area contributed by atoms with Crippen LogP contribution in [-0.2, 0) is 17.1 Å². The van der Waals surface area contributed by atoms with Crippen LogP contribution in [0.3, 0.4) is 0 Å². The Morgan fingerprint density at radius 1 is 1.22 bits per heavy atom. The fourth-order valence-corrected chi connectivity index (χ4v) is 4.90. The molecule has 4 rings (SSSR count). The Hall–Kier alpha value is -2.69. The van der Waals surface area contributed by atoms with Gasteiger partial charge in [-0.1, -0.05) is 18.2 Å². The van der Waals surface area contributed by atoms with Gasteiger partial charge in [0.1, 0.15) is 0 Å². The number of hydrogen-bond donors (Lipinski definition) is 1. The highest BCUT2D eigenvalue weighted by molar-refractivity contribution is 7.89. The monoisotopic (exact) mass is 385 g/mol. The number of aryl methyl sites for hydroxylation is 1. The van der Waals surface area contributed by atoms with Gasteiger partial charge in [-0.05, 0) is 34.2 Å². The lowest BCUT2D eigenvalue weighted by Crippen LogP contribution is -2.48. The molecule has 2 aromatic heterocycles. The summed E-state index contributed by atoms with van der Waals surface area (Å²) in [4.78, 5) is 4.35. The topological polar surface area (TPSA) is 106 Å². The summed E-state index contributed by atoms with van der Waals surface area (Å²) in [7, 11) is -1.98. The van der Waals surface area contributed by atoms with E-state index >= 15 is 0 Å². The molecule has 1 atom stereocenters. The van der Waals surface area contributed by atoms with E-state index < -0.39 is 10.0 Å². The summed E-state index contributed by atoms with van der Waals surface area (Å²) >= 11 is 0. The molecular weight excluding hydrogens is 366 g/mol. The van der Waals surface area contributed by atoms with Gasteiger partial charge in [0, 0.05) is 44.6 Å². The van der Waals surface area contributed by atoms with E-state index in [4.69, 9.17) is 0 Å². The average Bonchev–Trinajstić information content (AvgIpc) is 3.15. The van der Waals surface area contributed by atoms with Crippen LogP contribution < -0.4 is 5.32 Å². The largest absolute Gasteiger partial charge is 0.313 e. The molecule has 0 saturated carbocycles. The van der Waals surface area contributed by atoms with Crippen molar-refractivity contribution in [3.05, 3.63) is 54.4 Å². The van der Waals surface area contributed by atoms with E-state index in [1.54, 1.807) is 43.7 Å². The maximum Gasteiger partial charge on any atom is 0.243 e. The van der Waals surface area contributed by atoms with E-state index in [1.165, 1.54) is 8.99 Å². The number of nitrogens with zero attached hydrogens (tertiary/aromatic N) is 6. The van der Waals surface area contributed by atoms with E-state index in [0.717, 1.165) is 5.56 Å². The quantitative estimate of drug-likeness (QED) is 0.701. The molecular formula is C17H19N7O2S. The van der Waals surface area contributed by atoms with Crippen LogP contribution in [0.2, 0.25) is 0 Å². The van der Waals surface area contributed by atoms with Crippen molar-refractivity contribution in [2.24, 2.45) is 7.05 Å². The lowest BCUT2D eigenvalue weighted by molar-refractivity contribution is 0.271. The molecule has 3 heterocycles. The fraction of sp³-hybridized carbons (Fsp3) is 0.294. The van der Waals surface area contributed by atoms with Crippen LogP contribution >= 0.6 is 0 Å². The number of aromatic nitrogens is 5. The molecule has 0 spiro atoms. The van der Waals surface area contributed by atoms with E-state index in [0.29, 0.717) is 31.0 Å². The number of benzene rings is 1. The van der Waals surface area contributed by atoms with Gasteiger partial charge in [-0.3, -0.25) is 4.98 Å². The number of sulfonamides is 1. The second-order valence-electron chi connectivity index (χ2n) is 6.28. The van der Waals surface area contributed by atoms with Crippen LogP contribution in [0, 0.1) is 0 Å². The molecule has 0 radical (unpaired) electrons. The van der Waals surface area contributed by atoms with Crippen LogP contribution in [0.5, 0.6) is 0 Å². The first-order valence-electron chi connectivity index (χ1n) is 8.52. The SMILES string of the molecule is Cn1nnnc1-c1cccc(S(=O)(=O)N2CCNCC2c2cccnc2)c1. The summed E-state index contributed by atoms with van der Waals surface area (Å²) in [6.45, 7) is 1.53. The Labute approximate surface area is 157 Å². The first-order chi connectivity index (χ1) is 13.1. The second kappa shape index (κ2) is 7.14. The molecule has 1 unspecified atom stereocenters. The molecule has 1 N–H and O–H groups in total. The summed E-state index contributed by atoms with van der Waals surface area (Å²) in [6, 6.07) is 10.1. The van der Waals surface area contributed by atoms with Crippen molar-refractivity contribution in [3.63, 3.8) is 0 Å². The van der Waals surface area contributed by atoms with E-state index in [-0.39, 0.29) is 10.9 Å². The highest BCUT2D eigenvalue weighted by Crippen LogP contribution is 2.30. The predicted octanol–water partition coefficient (Wildman–Crippen LogP) is 0.607. The van der Waals surface area contributed by atoms with Crippen molar-refractivity contribution in [2.45, 2.75) is 10.9 Å². The van der Waals surface area contributed by atoms with E-state index in [9.17, 15) is 8.42 Å². The third kappa shape index (κ3) is 3.34. The minimum Gasteiger partial charge on any atom is -0.313 e. The molecule has 10 heteroatoms. The number of nitrogens with one attached hydrogen (secondary N) is 1. The van der Waals surface area contributed by atoms with Crippen LogP contribution in [0.15, 0.2) is 53.7 Å². The summed E-state index contributed by atoms with van der Waals surface area (Å²) in [5.74, 6) is 0.510. The van der Waals surface area contributed by atoms with Crippen LogP contribution in [0.4, 0.5) is 0 Å². The Morgan fingerprint density at radius 3 is 2.85 bits per heavy atom. The highest BCUT2D eigenvalue weighted by atomic mass is 32.2. The lowest BCUT2D eigenvalue weighted by Gasteiger charge is -2.35. The maximum absolute atomic E-state index is 13.4. The zero-order valence-corrected chi connectivity index (χ0v) is 15.5. The first-order valence-corrected chi connectivity index (χ1v) is 9.96. The number of rotatable bonds is 4. The van der Waals surface area contributed by atoms with Gasteiger partial charge in [0.25, 0.3) is 0 Å². The van der Waals surface area contributed by atoms with Crippen molar-refractivity contribution in [2.75, 3.05) is 19.6 Å². The summed E-state index contributed by atoms with van der Waals surface area (Å²) < 4.78 is 29.8. The molecule has 3 aromatic rings. The number of piperazine rings is 1. The lowest BCUT2D eigenvalue weighted by atomic mass is 10.1. The zero-order chi connectivity index (χ0) is 18.9. The van der Waals surface area contributed by atoms with E-state index in [1.807, 2.05) is 12.1 Å². The molecule has 1 aromatic carbocycles. The van der Waals surface area contributed by atoms with Crippen molar-refractivity contribution in [3.8, 4) is 11.4 Å². The first kappa shape index (κ1) is 17.7. The molecule has 1 fully saturated rings. The minimum atomic E-state index is -3.70. The molecule has 0 bridgehead atoms. The predicted molar refractivity (Wildman–Crippen MR) is 98.0 cm³/mol. The molecule has 0 amide bonds. The standard InChI is InChI=1S/C17H19N7O2S/c1-23-17(20-21-22-23)13-4-2-6-15(10-13)27(25,26)24-9-8-19-12-16(24)14-5-3-7-18-11-14/h2-7,10-11,16,19H,8-9,12H2,1H3. The number of hydrogen-bond acceptors (Lipinski definition) is 7. The Balaban J connectivity index is 1.73. The van der Waals surface area contributed by atoms with Crippen LogP contribution in [-0.4, -0.2) is 57.5 Å².